The van der Waals surface area contributed by atoms with Gasteiger partial charge < -0.3 is 9.55 Å². The van der Waals surface area contributed by atoms with Gasteiger partial charge in [-0.3, -0.25) is 0 Å². The normalized spacial score (nSPS) is 10.9. The van der Waals surface area contributed by atoms with Crippen LogP contribution in [0.1, 0.15) is 0 Å². The highest BCUT2D eigenvalue weighted by Crippen LogP contribution is 1.88. The average Bonchev–Trinajstić information content (AvgIpc) is 2.14. The van der Waals surface area contributed by atoms with Crippen molar-refractivity contribution in [2.75, 3.05) is 0 Å². The van der Waals surface area contributed by atoms with E-state index in [0.717, 1.165) is 5.44 Å². The van der Waals surface area contributed by atoms with Gasteiger partial charge in [0.25, 0.3) is 0 Å². The summed E-state index contributed by atoms with van der Waals surface area (Å²) in [6.45, 7) is 0. The molecular weight excluding hydrogens is 109 g/mol. The molecule has 0 aliphatic rings. The topological polar surface area (TPSA) is 32.9 Å². The molecule has 1 N–H and O–H groups in total. The molecule has 0 saturated carbocycles. The van der Waals surface area contributed by atoms with E-state index < -0.39 is 8.46 Å². The molecule has 1 aromatic rings. The molecular formula is C4H6NOP. The lowest BCUT2D eigenvalue weighted by atomic mass is 10.7. The Balaban J connectivity index is 2.96. The van der Waals surface area contributed by atoms with Gasteiger partial charge in [-0.2, -0.15) is 0 Å². The minimum atomic E-state index is -0.762. The minimum Gasteiger partial charge on any atom is -0.359 e. The van der Waals surface area contributed by atoms with Crippen LogP contribution in [0.3, 0.4) is 0 Å². The lowest BCUT2D eigenvalue weighted by Crippen LogP contribution is -1.85. The monoisotopic (exact) mass is 115 g/mol. The molecule has 0 amide bonds. The van der Waals surface area contributed by atoms with E-state index in [9.17, 15) is 4.57 Å². The molecule has 0 radical (unpaired) electrons. The van der Waals surface area contributed by atoms with Crippen LogP contribution in [0.5, 0.6) is 0 Å². The first kappa shape index (κ1) is 4.66. The van der Waals surface area contributed by atoms with Crippen molar-refractivity contribution in [1.29, 1.82) is 0 Å². The number of aromatic nitrogens is 1. The molecule has 0 spiro atoms. The third-order valence-electron chi connectivity index (χ3n) is 0.749. The van der Waals surface area contributed by atoms with Crippen molar-refractivity contribution in [1.82, 2.24) is 4.98 Å². The maximum atomic E-state index is 10.0. The van der Waals surface area contributed by atoms with E-state index in [2.05, 4.69) is 4.98 Å². The maximum absolute atomic E-state index is 10.0. The Morgan fingerprint density at radius 1 is 1.71 bits per heavy atom. The van der Waals surface area contributed by atoms with E-state index in [1.54, 1.807) is 6.20 Å². The first-order chi connectivity index (χ1) is 3.43. The van der Waals surface area contributed by atoms with Gasteiger partial charge in [-0.25, -0.2) is 0 Å². The number of hydrogen-bond acceptors (Lipinski definition) is 1. The number of H-pyrrole nitrogens is 1. The van der Waals surface area contributed by atoms with Crippen LogP contribution in [-0.4, -0.2) is 4.98 Å². The van der Waals surface area contributed by atoms with Crippen LogP contribution in [0, 0.1) is 0 Å². The highest BCUT2D eigenvalue weighted by molar-refractivity contribution is 7.33. The summed E-state index contributed by atoms with van der Waals surface area (Å²) in [5, 5.41) is 0. The zero-order valence-electron chi connectivity index (χ0n) is 3.72. The van der Waals surface area contributed by atoms with Crippen LogP contribution in [0.25, 0.3) is 0 Å². The predicted octanol–water partition coefficient (Wildman–Crippen LogP) is 0.396. The summed E-state index contributed by atoms with van der Waals surface area (Å²) in [7, 11) is -0.762. The fourth-order valence-corrected chi connectivity index (χ4v) is 0.771. The molecule has 1 aromatic heterocycles. The van der Waals surface area contributed by atoms with Crippen molar-refractivity contribution in [3.63, 3.8) is 0 Å². The number of rotatable bonds is 1. The zero-order chi connectivity index (χ0) is 5.11. The summed E-state index contributed by atoms with van der Waals surface area (Å²) in [5.74, 6) is 0. The van der Waals surface area contributed by atoms with Gasteiger partial charge in [0.1, 0.15) is 8.46 Å². The molecule has 0 aliphatic carbocycles. The Morgan fingerprint density at radius 2 is 2.57 bits per heavy atom. The molecule has 0 bridgehead atoms. The summed E-state index contributed by atoms with van der Waals surface area (Å²) < 4.78 is 10.0. The van der Waals surface area contributed by atoms with E-state index in [0.29, 0.717) is 0 Å². The number of hydrogen-bond donors (Lipinski definition) is 1. The van der Waals surface area contributed by atoms with Crippen molar-refractivity contribution in [2.45, 2.75) is 0 Å². The van der Waals surface area contributed by atoms with Gasteiger partial charge in [-0.1, -0.05) is 0 Å². The van der Waals surface area contributed by atoms with Gasteiger partial charge >= 0.3 is 0 Å². The molecule has 1 unspecified atom stereocenters. The fraction of sp³-hybridized carbons (Fsp3) is 0. The molecule has 2 nitrogen and oxygen atoms in total. The Morgan fingerprint density at radius 3 is 2.86 bits per heavy atom. The number of aromatic amines is 1. The van der Waals surface area contributed by atoms with Crippen LogP contribution >= 0.6 is 8.46 Å². The second kappa shape index (κ2) is 1.99. The van der Waals surface area contributed by atoms with Crippen LogP contribution in [0.15, 0.2) is 18.3 Å². The molecule has 1 atom stereocenters. The molecule has 1 heterocycles. The molecule has 0 fully saturated rings. The first-order valence-electron chi connectivity index (χ1n) is 2.02. The van der Waals surface area contributed by atoms with Gasteiger partial charge in [0.15, 0.2) is 0 Å². The Kier molecular flexibility index (Phi) is 1.32. The zero-order valence-corrected chi connectivity index (χ0v) is 4.87. The van der Waals surface area contributed by atoms with E-state index in [4.69, 9.17) is 0 Å². The molecule has 0 saturated heterocycles. The lowest BCUT2D eigenvalue weighted by molar-refractivity contribution is 0.602. The molecule has 3 heteroatoms. The fourth-order valence-electron chi connectivity index (χ4n) is 0.418. The Hall–Kier alpha value is -0.490. The summed E-state index contributed by atoms with van der Waals surface area (Å²) in [6, 6.07) is 3.64. The van der Waals surface area contributed by atoms with Crippen LogP contribution in [0.4, 0.5) is 0 Å². The molecule has 7 heavy (non-hydrogen) atoms. The number of nitrogens with one attached hydrogen (secondary N) is 1. The Bertz CT molecular complexity index is 147. The van der Waals surface area contributed by atoms with E-state index in [-0.39, 0.29) is 0 Å². The summed E-state index contributed by atoms with van der Waals surface area (Å²) >= 11 is 0. The van der Waals surface area contributed by atoms with Crippen molar-refractivity contribution in [3.05, 3.63) is 18.3 Å². The van der Waals surface area contributed by atoms with Gasteiger partial charge in [0.05, 0.1) is 5.44 Å². The standard InChI is InChI=1S/C4H6NOP/c6-7-4-2-1-3-5-4/h1-3,5H,7H2. The second-order valence-corrected chi connectivity index (χ2v) is 2.10. The van der Waals surface area contributed by atoms with Crippen LogP contribution < -0.4 is 5.44 Å². The SMILES string of the molecule is O=[PH2]c1ccc[nH]1. The highest BCUT2D eigenvalue weighted by atomic mass is 31.1. The van der Waals surface area contributed by atoms with Crippen molar-refractivity contribution in [2.24, 2.45) is 0 Å². The van der Waals surface area contributed by atoms with Crippen molar-refractivity contribution < 1.29 is 4.57 Å². The smallest absolute Gasteiger partial charge is 0.108 e. The maximum Gasteiger partial charge on any atom is 0.108 e. The van der Waals surface area contributed by atoms with Crippen molar-refractivity contribution in [3.8, 4) is 0 Å². The average molecular weight is 115 g/mol. The first-order valence-corrected chi connectivity index (χ1v) is 3.07. The molecule has 1 rings (SSSR count). The predicted molar refractivity (Wildman–Crippen MR) is 30.8 cm³/mol. The third-order valence-corrected chi connectivity index (χ3v) is 1.36. The lowest BCUT2D eigenvalue weighted by Gasteiger charge is -1.71. The summed E-state index contributed by atoms with van der Waals surface area (Å²) in [4.78, 5) is 2.81. The van der Waals surface area contributed by atoms with E-state index >= 15 is 0 Å². The molecule has 0 aromatic carbocycles. The molecule has 38 valence electrons. The van der Waals surface area contributed by atoms with Gasteiger partial charge in [0.2, 0.25) is 0 Å². The van der Waals surface area contributed by atoms with E-state index in [1.165, 1.54) is 0 Å². The van der Waals surface area contributed by atoms with Crippen molar-refractivity contribution >= 4 is 13.9 Å². The van der Waals surface area contributed by atoms with E-state index in [1.807, 2.05) is 12.1 Å². The minimum absolute atomic E-state index is 0.762. The highest BCUT2D eigenvalue weighted by Gasteiger charge is 1.79. The quantitative estimate of drug-likeness (QED) is 0.528. The second-order valence-electron chi connectivity index (χ2n) is 1.24. The van der Waals surface area contributed by atoms with Crippen LogP contribution in [-0.2, 0) is 4.57 Å². The Labute approximate surface area is 42.8 Å². The van der Waals surface area contributed by atoms with Gasteiger partial charge in [-0.15, -0.1) is 0 Å². The summed E-state index contributed by atoms with van der Waals surface area (Å²) in [6.07, 6.45) is 1.76. The third kappa shape index (κ3) is 0.937. The van der Waals surface area contributed by atoms with Gasteiger partial charge in [-0.05, 0) is 12.1 Å². The largest absolute Gasteiger partial charge is 0.359 e. The van der Waals surface area contributed by atoms with Crippen LogP contribution in [0.2, 0.25) is 0 Å². The van der Waals surface area contributed by atoms with Gasteiger partial charge in [0, 0.05) is 6.20 Å². The molecule has 0 aliphatic heterocycles. The summed E-state index contributed by atoms with van der Waals surface area (Å²) in [5.41, 5.74) is 0.833.